The molecule has 2 heterocycles. The molecule has 6 nitrogen and oxygen atoms in total. The molecule has 0 saturated carbocycles. The summed E-state index contributed by atoms with van der Waals surface area (Å²) in [5, 5.41) is 12.3. The summed E-state index contributed by atoms with van der Waals surface area (Å²) >= 11 is 3.43. The van der Waals surface area contributed by atoms with E-state index >= 15 is 0 Å². The smallest absolute Gasteiger partial charge is 0.317 e. The molecule has 7 heteroatoms. The summed E-state index contributed by atoms with van der Waals surface area (Å²) in [7, 11) is 0. The number of nitrogens with zero attached hydrogens (tertiary/aromatic N) is 2. The zero-order valence-corrected chi connectivity index (χ0v) is 15.3. The fourth-order valence-electron chi connectivity index (χ4n) is 3.34. The fraction of sp³-hybridized carbons (Fsp3) is 0.529. The zero-order valence-electron chi connectivity index (χ0n) is 13.7. The van der Waals surface area contributed by atoms with Crippen molar-refractivity contribution in [2.75, 3.05) is 31.1 Å². The van der Waals surface area contributed by atoms with Crippen LogP contribution in [0, 0.1) is 5.41 Å². The van der Waals surface area contributed by atoms with E-state index in [1.54, 1.807) is 11.8 Å². The van der Waals surface area contributed by atoms with Gasteiger partial charge in [0.25, 0.3) is 0 Å². The summed E-state index contributed by atoms with van der Waals surface area (Å²) in [4.78, 5) is 27.6. The molecule has 24 heavy (non-hydrogen) atoms. The molecular weight excluding hydrogens is 374 g/mol. The highest BCUT2D eigenvalue weighted by Gasteiger charge is 2.42. The predicted molar refractivity (Wildman–Crippen MR) is 95.2 cm³/mol. The standard InChI is InChI=1S/C17H22BrN3O3/c1-17(15(22)23)7-9-21(11-17)16(24)19-13-6-8-20(10-13)14-4-2-12(18)3-5-14/h2-5,13H,6-11H2,1H3,(H,19,24)(H,22,23). The maximum atomic E-state index is 12.4. The molecule has 0 spiro atoms. The van der Waals surface area contributed by atoms with Crippen molar-refractivity contribution in [2.45, 2.75) is 25.8 Å². The van der Waals surface area contributed by atoms with Gasteiger partial charge in [0, 0.05) is 42.4 Å². The first-order valence-corrected chi connectivity index (χ1v) is 8.96. The molecule has 0 aliphatic carbocycles. The van der Waals surface area contributed by atoms with Gasteiger partial charge in [0.15, 0.2) is 0 Å². The van der Waals surface area contributed by atoms with E-state index in [0.29, 0.717) is 13.0 Å². The number of likely N-dealkylation sites (tertiary alicyclic amines) is 1. The number of carboxylic acids is 1. The molecule has 2 aliphatic rings. The summed E-state index contributed by atoms with van der Waals surface area (Å²) in [5.41, 5.74) is 0.325. The van der Waals surface area contributed by atoms with Crippen LogP contribution < -0.4 is 10.2 Å². The van der Waals surface area contributed by atoms with Crippen LogP contribution in [-0.4, -0.2) is 54.2 Å². The number of nitrogens with one attached hydrogen (secondary N) is 1. The molecule has 0 aromatic heterocycles. The number of carbonyl (C=O) groups is 2. The van der Waals surface area contributed by atoms with Crippen LogP contribution in [0.3, 0.4) is 0 Å². The third kappa shape index (κ3) is 3.50. The van der Waals surface area contributed by atoms with Crippen LogP contribution in [0.5, 0.6) is 0 Å². The zero-order chi connectivity index (χ0) is 17.3. The Morgan fingerprint density at radius 2 is 2.00 bits per heavy atom. The van der Waals surface area contributed by atoms with E-state index in [4.69, 9.17) is 0 Å². The number of aliphatic carboxylic acids is 1. The fourth-order valence-corrected chi connectivity index (χ4v) is 3.60. The molecular formula is C17H22BrN3O3. The van der Waals surface area contributed by atoms with Crippen LogP contribution in [0.4, 0.5) is 10.5 Å². The van der Waals surface area contributed by atoms with Crippen LogP contribution in [0.2, 0.25) is 0 Å². The minimum atomic E-state index is -0.833. The number of hydrogen-bond donors (Lipinski definition) is 2. The Kier molecular flexibility index (Phi) is 4.71. The summed E-state index contributed by atoms with van der Waals surface area (Å²) in [6, 6.07) is 8.09. The number of carbonyl (C=O) groups excluding carboxylic acids is 1. The van der Waals surface area contributed by atoms with Crippen LogP contribution >= 0.6 is 15.9 Å². The molecule has 2 amide bonds. The van der Waals surface area contributed by atoms with Gasteiger partial charge in [-0.3, -0.25) is 4.79 Å². The van der Waals surface area contributed by atoms with Crippen molar-refractivity contribution >= 4 is 33.6 Å². The van der Waals surface area contributed by atoms with Gasteiger partial charge >= 0.3 is 12.0 Å². The van der Waals surface area contributed by atoms with Gasteiger partial charge in [-0.05, 0) is 44.0 Å². The number of rotatable bonds is 3. The predicted octanol–water partition coefficient (Wildman–Crippen LogP) is 2.53. The number of amides is 2. The number of urea groups is 1. The van der Waals surface area contributed by atoms with Gasteiger partial charge < -0.3 is 20.2 Å². The highest BCUT2D eigenvalue weighted by molar-refractivity contribution is 9.10. The van der Waals surface area contributed by atoms with Gasteiger partial charge in [-0.2, -0.15) is 0 Å². The minimum Gasteiger partial charge on any atom is -0.481 e. The van der Waals surface area contributed by atoms with Crippen molar-refractivity contribution in [1.82, 2.24) is 10.2 Å². The Bertz CT molecular complexity index is 636. The van der Waals surface area contributed by atoms with Crippen molar-refractivity contribution < 1.29 is 14.7 Å². The average Bonchev–Trinajstić information content (AvgIpc) is 3.16. The van der Waals surface area contributed by atoms with E-state index in [1.807, 2.05) is 12.1 Å². The van der Waals surface area contributed by atoms with E-state index in [0.717, 1.165) is 29.7 Å². The Morgan fingerprint density at radius 1 is 1.29 bits per heavy atom. The van der Waals surface area contributed by atoms with E-state index < -0.39 is 11.4 Å². The summed E-state index contributed by atoms with van der Waals surface area (Å²) < 4.78 is 1.05. The number of halogens is 1. The summed E-state index contributed by atoms with van der Waals surface area (Å²) in [6.45, 7) is 4.15. The second-order valence-electron chi connectivity index (χ2n) is 6.89. The molecule has 2 unspecified atom stereocenters. The van der Waals surface area contributed by atoms with Gasteiger partial charge in [0.2, 0.25) is 0 Å². The molecule has 1 aromatic rings. The second kappa shape index (κ2) is 6.63. The molecule has 0 bridgehead atoms. The number of benzene rings is 1. The molecule has 1 aromatic carbocycles. The average molecular weight is 396 g/mol. The highest BCUT2D eigenvalue weighted by Crippen LogP contribution is 2.30. The first-order valence-electron chi connectivity index (χ1n) is 8.17. The molecule has 2 N–H and O–H groups in total. The highest BCUT2D eigenvalue weighted by atomic mass is 79.9. The number of hydrogen-bond acceptors (Lipinski definition) is 3. The van der Waals surface area contributed by atoms with Crippen LogP contribution in [0.25, 0.3) is 0 Å². The molecule has 2 atom stereocenters. The van der Waals surface area contributed by atoms with Crippen molar-refractivity contribution in [2.24, 2.45) is 5.41 Å². The largest absolute Gasteiger partial charge is 0.481 e. The second-order valence-corrected chi connectivity index (χ2v) is 7.81. The first-order chi connectivity index (χ1) is 11.4. The third-order valence-electron chi connectivity index (χ3n) is 4.98. The van der Waals surface area contributed by atoms with Crippen molar-refractivity contribution in [3.8, 4) is 0 Å². The Labute approximate surface area is 149 Å². The normalized spacial score (nSPS) is 26.7. The maximum absolute atomic E-state index is 12.4. The lowest BCUT2D eigenvalue weighted by molar-refractivity contribution is -0.146. The van der Waals surface area contributed by atoms with Crippen molar-refractivity contribution in [3.05, 3.63) is 28.7 Å². The van der Waals surface area contributed by atoms with Gasteiger partial charge in [-0.15, -0.1) is 0 Å². The van der Waals surface area contributed by atoms with Gasteiger partial charge in [-0.25, -0.2) is 4.79 Å². The van der Waals surface area contributed by atoms with E-state index in [2.05, 4.69) is 38.3 Å². The van der Waals surface area contributed by atoms with E-state index in [-0.39, 0.29) is 18.6 Å². The Balaban J connectivity index is 1.53. The lowest BCUT2D eigenvalue weighted by atomic mass is 9.90. The summed E-state index contributed by atoms with van der Waals surface area (Å²) in [6.07, 6.45) is 1.40. The lowest BCUT2D eigenvalue weighted by Crippen LogP contribution is -2.46. The minimum absolute atomic E-state index is 0.0952. The van der Waals surface area contributed by atoms with E-state index in [9.17, 15) is 14.7 Å². The third-order valence-corrected chi connectivity index (χ3v) is 5.51. The Hall–Kier alpha value is -1.76. The van der Waals surface area contributed by atoms with Gasteiger partial charge in [0.1, 0.15) is 0 Å². The number of anilines is 1. The quantitative estimate of drug-likeness (QED) is 0.824. The Morgan fingerprint density at radius 3 is 2.62 bits per heavy atom. The topological polar surface area (TPSA) is 72.9 Å². The monoisotopic (exact) mass is 395 g/mol. The molecule has 130 valence electrons. The van der Waals surface area contributed by atoms with Gasteiger partial charge in [-0.1, -0.05) is 15.9 Å². The van der Waals surface area contributed by atoms with Crippen LogP contribution in [0.1, 0.15) is 19.8 Å². The van der Waals surface area contributed by atoms with Crippen LogP contribution in [0.15, 0.2) is 28.7 Å². The maximum Gasteiger partial charge on any atom is 0.317 e. The summed E-state index contributed by atoms with van der Waals surface area (Å²) in [5.74, 6) is -0.833. The molecule has 3 rings (SSSR count). The van der Waals surface area contributed by atoms with Crippen molar-refractivity contribution in [1.29, 1.82) is 0 Å². The first kappa shape index (κ1) is 17.1. The van der Waals surface area contributed by atoms with Crippen molar-refractivity contribution in [3.63, 3.8) is 0 Å². The van der Waals surface area contributed by atoms with E-state index in [1.165, 1.54) is 0 Å². The molecule has 2 saturated heterocycles. The molecule has 2 fully saturated rings. The molecule has 0 radical (unpaired) electrons. The lowest BCUT2D eigenvalue weighted by Gasteiger charge is -2.23. The SMILES string of the molecule is CC1(C(=O)O)CCN(C(=O)NC2CCN(c3ccc(Br)cc3)C2)C1. The van der Waals surface area contributed by atoms with Gasteiger partial charge in [0.05, 0.1) is 5.41 Å². The molecule has 2 aliphatic heterocycles. The number of carboxylic acid groups (broad SMARTS) is 1. The van der Waals surface area contributed by atoms with Crippen LogP contribution in [-0.2, 0) is 4.79 Å².